The first-order valence-corrected chi connectivity index (χ1v) is 15.4. The Kier molecular flexibility index (Phi) is 7.96. The van der Waals surface area contributed by atoms with Crippen molar-refractivity contribution >= 4 is 33.5 Å². The third kappa shape index (κ3) is 6.14. The van der Waals surface area contributed by atoms with Crippen molar-refractivity contribution in [3.05, 3.63) is 78.9 Å². The number of amides is 1. The van der Waals surface area contributed by atoms with E-state index in [0.717, 1.165) is 64.9 Å². The number of rotatable bonds is 10. The van der Waals surface area contributed by atoms with Crippen LogP contribution in [0.15, 0.2) is 73.1 Å². The van der Waals surface area contributed by atoms with Crippen molar-refractivity contribution < 1.29 is 13.9 Å². The molecule has 1 amide bonds. The van der Waals surface area contributed by atoms with E-state index in [9.17, 15) is 9.18 Å². The van der Waals surface area contributed by atoms with Gasteiger partial charge in [0.2, 0.25) is 5.91 Å². The SMILES string of the molecule is CCCC(=O)Nc1cncc(-c2ccc3[nH]nc(-c4cc5c(-c6cc(F)cc(OCCN7CCCC7)c6)cccc5[nH]4)c3n2)c1. The summed E-state index contributed by atoms with van der Waals surface area (Å²) in [6.45, 7) is 5.53. The first-order valence-electron chi connectivity index (χ1n) is 15.4. The second kappa shape index (κ2) is 12.5. The van der Waals surface area contributed by atoms with Crippen LogP contribution in [0.4, 0.5) is 10.1 Å². The van der Waals surface area contributed by atoms with Gasteiger partial charge in [0.1, 0.15) is 29.4 Å². The molecule has 0 spiro atoms. The number of fused-ring (bicyclic) bond motifs is 2. The highest BCUT2D eigenvalue weighted by Crippen LogP contribution is 2.36. The molecule has 228 valence electrons. The van der Waals surface area contributed by atoms with Gasteiger partial charge in [0, 0.05) is 41.7 Å². The monoisotopic (exact) mass is 603 g/mol. The second-order valence-corrected chi connectivity index (χ2v) is 11.4. The highest BCUT2D eigenvalue weighted by atomic mass is 19.1. The van der Waals surface area contributed by atoms with Crippen molar-refractivity contribution in [1.82, 2.24) is 30.0 Å². The predicted octanol–water partition coefficient (Wildman–Crippen LogP) is 7.19. The molecular formula is C35H34FN7O2. The van der Waals surface area contributed by atoms with E-state index in [1.165, 1.54) is 18.9 Å². The van der Waals surface area contributed by atoms with Crippen molar-refractivity contribution in [2.24, 2.45) is 0 Å². The average molecular weight is 604 g/mol. The van der Waals surface area contributed by atoms with Gasteiger partial charge in [0.05, 0.1) is 28.8 Å². The molecule has 7 rings (SSSR count). The maximum Gasteiger partial charge on any atom is 0.224 e. The predicted molar refractivity (Wildman–Crippen MR) is 175 cm³/mol. The zero-order valence-electron chi connectivity index (χ0n) is 25.1. The molecule has 4 aromatic heterocycles. The maximum absolute atomic E-state index is 14.8. The van der Waals surface area contributed by atoms with Crippen LogP contribution in [0.2, 0.25) is 0 Å². The molecule has 0 radical (unpaired) electrons. The topological polar surface area (TPSA) is 112 Å². The lowest BCUT2D eigenvalue weighted by Gasteiger charge is -2.15. The van der Waals surface area contributed by atoms with Crippen molar-refractivity contribution in [2.75, 3.05) is 31.6 Å². The van der Waals surface area contributed by atoms with Crippen molar-refractivity contribution in [2.45, 2.75) is 32.6 Å². The fourth-order valence-electron chi connectivity index (χ4n) is 5.98. The van der Waals surface area contributed by atoms with E-state index in [1.807, 2.05) is 55.5 Å². The van der Waals surface area contributed by atoms with E-state index in [4.69, 9.17) is 9.72 Å². The van der Waals surface area contributed by atoms with Gasteiger partial charge in [-0.25, -0.2) is 9.37 Å². The van der Waals surface area contributed by atoms with E-state index in [1.54, 1.807) is 18.5 Å². The van der Waals surface area contributed by atoms with Gasteiger partial charge in [-0.3, -0.25) is 19.8 Å². The lowest BCUT2D eigenvalue weighted by Crippen LogP contribution is -2.25. The van der Waals surface area contributed by atoms with E-state index in [-0.39, 0.29) is 11.7 Å². The number of nitrogens with one attached hydrogen (secondary N) is 3. The molecule has 10 heteroatoms. The smallest absolute Gasteiger partial charge is 0.224 e. The molecule has 0 aliphatic carbocycles. The number of carbonyl (C=O) groups is 1. The summed E-state index contributed by atoms with van der Waals surface area (Å²) < 4.78 is 20.8. The van der Waals surface area contributed by atoms with Gasteiger partial charge in [-0.1, -0.05) is 19.1 Å². The Bertz CT molecular complexity index is 1990. The minimum absolute atomic E-state index is 0.0466. The molecule has 0 unspecified atom stereocenters. The summed E-state index contributed by atoms with van der Waals surface area (Å²) in [5, 5.41) is 11.5. The first kappa shape index (κ1) is 28.7. The molecule has 5 heterocycles. The number of benzene rings is 2. The van der Waals surface area contributed by atoms with Gasteiger partial charge in [-0.05, 0) is 85.9 Å². The number of halogens is 1. The lowest BCUT2D eigenvalue weighted by atomic mass is 10.0. The van der Waals surface area contributed by atoms with E-state index in [2.05, 4.69) is 30.4 Å². The third-order valence-electron chi connectivity index (χ3n) is 8.18. The number of H-pyrrole nitrogens is 2. The van der Waals surface area contributed by atoms with Crippen LogP contribution in [0.3, 0.4) is 0 Å². The fraction of sp³-hybridized carbons (Fsp3) is 0.257. The molecule has 0 saturated carbocycles. The van der Waals surface area contributed by atoms with Crippen LogP contribution in [0.25, 0.3) is 55.7 Å². The zero-order valence-corrected chi connectivity index (χ0v) is 25.1. The van der Waals surface area contributed by atoms with E-state index in [0.29, 0.717) is 41.4 Å². The number of ether oxygens (including phenoxy) is 1. The van der Waals surface area contributed by atoms with Gasteiger partial charge >= 0.3 is 0 Å². The van der Waals surface area contributed by atoms with Crippen LogP contribution in [0.5, 0.6) is 5.75 Å². The van der Waals surface area contributed by atoms with E-state index < -0.39 is 0 Å². The van der Waals surface area contributed by atoms with Crippen molar-refractivity contribution in [3.8, 4) is 39.5 Å². The Balaban J connectivity index is 1.19. The minimum atomic E-state index is -0.338. The van der Waals surface area contributed by atoms with Crippen molar-refractivity contribution in [3.63, 3.8) is 0 Å². The summed E-state index contributed by atoms with van der Waals surface area (Å²) >= 11 is 0. The van der Waals surface area contributed by atoms with E-state index >= 15 is 0 Å². The highest BCUT2D eigenvalue weighted by Gasteiger charge is 2.17. The number of aromatic nitrogens is 5. The molecule has 1 aliphatic heterocycles. The van der Waals surface area contributed by atoms with Crippen LogP contribution in [-0.4, -0.2) is 62.2 Å². The van der Waals surface area contributed by atoms with Crippen LogP contribution in [-0.2, 0) is 4.79 Å². The Morgan fingerprint density at radius 2 is 1.91 bits per heavy atom. The first-order chi connectivity index (χ1) is 22.0. The number of aromatic amines is 2. The summed E-state index contributed by atoms with van der Waals surface area (Å²) in [4.78, 5) is 27.2. The quantitative estimate of drug-likeness (QED) is 0.153. The summed E-state index contributed by atoms with van der Waals surface area (Å²) in [6, 6.07) is 18.5. The molecule has 45 heavy (non-hydrogen) atoms. The summed E-state index contributed by atoms with van der Waals surface area (Å²) in [5.74, 6) is 0.139. The third-order valence-corrected chi connectivity index (χ3v) is 8.18. The summed E-state index contributed by atoms with van der Waals surface area (Å²) in [7, 11) is 0. The number of hydrogen-bond acceptors (Lipinski definition) is 6. The fourth-order valence-corrected chi connectivity index (χ4v) is 5.98. The Labute approximate surface area is 259 Å². The van der Waals surface area contributed by atoms with Gasteiger partial charge in [0.15, 0.2) is 0 Å². The number of pyridine rings is 2. The molecule has 1 aliphatic rings. The largest absolute Gasteiger partial charge is 0.492 e. The Morgan fingerprint density at radius 1 is 1.02 bits per heavy atom. The maximum atomic E-state index is 14.8. The Hall–Kier alpha value is -5.09. The van der Waals surface area contributed by atoms with Gasteiger partial charge in [0.25, 0.3) is 0 Å². The number of anilines is 1. The zero-order chi connectivity index (χ0) is 30.8. The van der Waals surface area contributed by atoms with Crippen LogP contribution in [0.1, 0.15) is 32.6 Å². The molecule has 1 fully saturated rings. The molecular weight excluding hydrogens is 569 g/mol. The van der Waals surface area contributed by atoms with Crippen LogP contribution >= 0.6 is 0 Å². The van der Waals surface area contributed by atoms with Crippen LogP contribution in [0, 0.1) is 5.82 Å². The molecule has 2 aromatic carbocycles. The van der Waals surface area contributed by atoms with Crippen molar-refractivity contribution in [1.29, 1.82) is 0 Å². The minimum Gasteiger partial charge on any atom is -0.492 e. The average Bonchev–Trinajstić information content (AvgIpc) is 3.80. The standard InChI is InChI=1S/C35H34FN7O2/c1-2-6-33(44)38-25-16-23(20-37-21-25)29-9-10-31-34(40-29)35(42-41-31)32-19-28-27(7-5-8-30(28)39-32)22-15-24(36)18-26(17-22)45-14-13-43-11-3-4-12-43/h5,7-10,15-21,39H,2-4,6,11-14H2,1H3,(H,38,44)(H,41,42). The molecule has 0 atom stereocenters. The number of nitrogens with zero attached hydrogens (tertiary/aromatic N) is 4. The molecule has 6 aromatic rings. The normalized spacial score (nSPS) is 13.6. The molecule has 0 bridgehead atoms. The number of hydrogen-bond donors (Lipinski definition) is 3. The van der Waals surface area contributed by atoms with Gasteiger partial charge in [-0.15, -0.1) is 0 Å². The summed E-state index contributed by atoms with van der Waals surface area (Å²) in [6.07, 6.45) is 7.02. The number of carbonyl (C=O) groups excluding carboxylic acids is 1. The molecule has 1 saturated heterocycles. The van der Waals surface area contributed by atoms with Gasteiger partial charge in [-0.2, -0.15) is 5.10 Å². The Morgan fingerprint density at radius 3 is 2.78 bits per heavy atom. The molecule has 3 N–H and O–H groups in total. The summed E-state index contributed by atoms with van der Waals surface area (Å²) in [5.41, 5.74) is 7.57. The molecule has 9 nitrogen and oxygen atoms in total. The number of likely N-dealkylation sites (tertiary alicyclic amines) is 1. The van der Waals surface area contributed by atoms with Gasteiger partial charge < -0.3 is 15.0 Å². The second-order valence-electron chi connectivity index (χ2n) is 11.4. The highest BCUT2D eigenvalue weighted by molar-refractivity contribution is 6.00. The van der Waals surface area contributed by atoms with Crippen LogP contribution < -0.4 is 10.1 Å². The lowest BCUT2D eigenvalue weighted by molar-refractivity contribution is -0.116.